The maximum atomic E-state index is 5.07. The van der Waals surface area contributed by atoms with Crippen molar-refractivity contribution in [2.75, 3.05) is 0 Å². The number of para-hydroxylation sites is 5. The van der Waals surface area contributed by atoms with Crippen molar-refractivity contribution in [3.05, 3.63) is 121 Å². The van der Waals surface area contributed by atoms with Crippen LogP contribution in [0.15, 0.2) is 109 Å². The summed E-state index contributed by atoms with van der Waals surface area (Å²) in [5.74, 6) is 0.952. The minimum atomic E-state index is 0.326. The lowest BCUT2D eigenvalue weighted by Gasteiger charge is -2.19. The van der Waals surface area contributed by atoms with Gasteiger partial charge >= 0.3 is 0 Å². The van der Waals surface area contributed by atoms with E-state index in [1.54, 1.807) is 0 Å². The fraction of sp³-hybridized carbons (Fsp3) is 0.0938. The Labute approximate surface area is 208 Å². The van der Waals surface area contributed by atoms with E-state index in [4.69, 9.17) is 4.98 Å². The van der Waals surface area contributed by atoms with Crippen molar-refractivity contribution < 1.29 is 0 Å². The van der Waals surface area contributed by atoms with Crippen molar-refractivity contribution in [2.24, 2.45) is 0 Å². The normalized spacial score (nSPS) is 17.3. The molecule has 3 aromatic carbocycles. The minimum Gasteiger partial charge on any atom is -0.333 e. The van der Waals surface area contributed by atoms with Gasteiger partial charge in [-0.15, -0.1) is 0 Å². The predicted molar refractivity (Wildman–Crippen MR) is 149 cm³/mol. The summed E-state index contributed by atoms with van der Waals surface area (Å²) in [4.78, 5) is 5.07. The summed E-state index contributed by atoms with van der Waals surface area (Å²) in [6.07, 6.45) is 17.7. The van der Waals surface area contributed by atoms with Crippen molar-refractivity contribution in [3.8, 4) is 0 Å². The largest absolute Gasteiger partial charge is 0.333 e. The molecule has 0 saturated carbocycles. The zero-order chi connectivity index (χ0) is 23.6. The van der Waals surface area contributed by atoms with Gasteiger partial charge in [0.15, 0.2) is 0 Å². The van der Waals surface area contributed by atoms with Gasteiger partial charge in [0, 0.05) is 22.3 Å². The Morgan fingerprint density at radius 3 is 2.39 bits per heavy atom. The van der Waals surface area contributed by atoms with Gasteiger partial charge in [-0.25, -0.2) is 4.98 Å². The Kier molecular flexibility index (Phi) is 4.08. The van der Waals surface area contributed by atoms with Crippen molar-refractivity contribution in [2.45, 2.75) is 18.9 Å². The van der Waals surface area contributed by atoms with Crippen molar-refractivity contribution >= 4 is 50.5 Å². The van der Waals surface area contributed by atoms with Crippen LogP contribution in [0.4, 0.5) is 0 Å². The first-order valence-corrected chi connectivity index (χ1v) is 12.6. The maximum Gasteiger partial charge on any atom is 0.220 e. The Bertz CT molecular complexity index is 1950. The van der Waals surface area contributed by atoms with E-state index < -0.39 is 0 Å². The predicted octanol–water partition coefficient (Wildman–Crippen LogP) is 7.56. The van der Waals surface area contributed by atoms with Gasteiger partial charge in [0.2, 0.25) is 5.78 Å². The van der Waals surface area contributed by atoms with Crippen LogP contribution in [0.3, 0.4) is 0 Å². The zero-order valence-electron chi connectivity index (χ0n) is 19.8. The lowest BCUT2D eigenvalue weighted by molar-refractivity contribution is 0.623. The second kappa shape index (κ2) is 7.46. The lowest BCUT2D eigenvalue weighted by Crippen LogP contribution is -2.09. The average Bonchev–Trinajstić information content (AvgIpc) is 3.51. The van der Waals surface area contributed by atoms with Crippen LogP contribution < -0.4 is 0 Å². The Balaban J connectivity index is 1.36. The number of hydrogen-bond donors (Lipinski definition) is 0. The summed E-state index contributed by atoms with van der Waals surface area (Å²) in [6.45, 7) is 0. The van der Waals surface area contributed by atoms with Crippen LogP contribution in [-0.2, 0) is 6.42 Å². The highest BCUT2D eigenvalue weighted by molar-refractivity contribution is 5.96. The molecule has 4 heteroatoms. The molecular weight excluding hydrogens is 440 g/mol. The third-order valence-electron chi connectivity index (χ3n) is 7.64. The van der Waals surface area contributed by atoms with Gasteiger partial charge in [-0.3, -0.25) is 8.97 Å². The molecular formula is C32H24N4. The second-order valence-electron chi connectivity index (χ2n) is 9.59. The number of benzene rings is 3. The smallest absolute Gasteiger partial charge is 0.220 e. The molecule has 36 heavy (non-hydrogen) atoms. The Morgan fingerprint density at radius 1 is 0.750 bits per heavy atom. The van der Waals surface area contributed by atoms with Crippen LogP contribution in [0.2, 0.25) is 0 Å². The van der Waals surface area contributed by atoms with Gasteiger partial charge in [0.05, 0.1) is 28.1 Å². The van der Waals surface area contributed by atoms with Gasteiger partial charge in [-0.1, -0.05) is 72.8 Å². The van der Waals surface area contributed by atoms with E-state index in [1.807, 2.05) is 0 Å². The molecule has 0 spiro atoms. The maximum absolute atomic E-state index is 5.07. The molecule has 6 aromatic rings. The molecule has 0 radical (unpaired) electrons. The second-order valence-corrected chi connectivity index (χ2v) is 9.59. The lowest BCUT2D eigenvalue weighted by atomic mass is 10.1. The third kappa shape index (κ3) is 2.67. The summed E-state index contributed by atoms with van der Waals surface area (Å²) < 4.78 is 7.12. The van der Waals surface area contributed by atoms with Crippen molar-refractivity contribution in [3.63, 3.8) is 0 Å². The molecule has 172 valence electrons. The molecule has 8 rings (SSSR count). The zero-order valence-corrected chi connectivity index (χ0v) is 19.8. The first kappa shape index (κ1) is 19.7. The number of allylic oxidation sites excluding steroid dienone is 7. The molecule has 0 fully saturated rings. The molecule has 0 aliphatic heterocycles. The minimum absolute atomic E-state index is 0.326. The third-order valence-corrected chi connectivity index (χ3v) is 7.64. The first-order valence-electron chi connectivity index (χ1n) is 12.6. The van der Waals surface area contributed by atoms with Gasteiger partial charge in [0.1, 0.15) is 0 Å². The Hall–Kier alpha value is -4.57. The van der Waals surface area contributed by atoms with E-state index in [0.29, 0.717) is 6.04 Å². The summed E-state index contributed by atoms with van der Waals surface area (Å²) in [6, 6.07) is 26.1. The summed E-state index contributed by atoms with van der Waals surface area (Å²) >= 11 is 0. The molecule has 0 saturated heterocycles. The van der Waals surface area contributed by atoms with Gasteiger partial charge in [0.25, 0.3) is 0 Å². The molecule has 4 nitrogen and oxygen atoms in total. The molecule has 1 atom stereocenters. The Morgan fingerprint density at radius 2 is 1.53 bits per heavy atom. The fourth-order valence-electron chi connectivity index (χ4n) is 6.07. The van der Waals surface area contributed by atoms with Crippen LogP contribution in [0.5, 0.6) is 0 Å². The molecule has 3 heterocycles. The van der Waals surface area contributed by atoms with Crippen LogP contribution in [0.25, 0.3) is 50.5 Å². The van der Waals surface area contributed by atoms with Crippen LogP contribution in [0, 0.1) is 0 Å². The molecule has 2 aliphatic carbocycles. The van der Waals surface area contributed by atoms with E-state index in [1.165, 1.54) is 33.2 Å². The number of rotatable bonds is 2. The topological polar surface area (TPSA) is 27.2 Å². The SMILES string of the molecule is C1=CCC(n2c3c(c4ccccc42)CC=C(n2c4ccccc4n4c5ccccc5nc24)C=C3)C=C1. The number of fused-ring (bicyclic) bond motifs is 8. The molecule has 0 amide bonds. The molecule has 3 aromatic heterocycles. The molecule has 0 bridgehead atoms. The van der Waals surface area contributed by atoms with Crippen LogP contribution in [0.1, 0.15) is 23.7 Å². The van der Waals surface area contributed by atoms with E-state index in [-0.39, 0.29) is 0 Å². The molecule has 1 unspecified atom stereocenters. The van der Waals surface area contributed by atoms with Crippen molar-refractivity contribution in [1.82, 2.24) is 18.5 Å². The molecule has 0 N–H and O–H groups in total. The highest BCUT2D eigenvalue weighted by atomic mass is 15.2. The quantitative estimate of drug-likeness (QED) is 0.260. The summed E-state index contributed by atoms with van der Waals surface area (Å²) in [7, 11) is 0. The number of imidazole rings is 2. The van der Waals surface area contributed by atoms with Gasteiger partial charge in [-0.2, -0.15) is 0 Å². The van der Waals surface area contributed by atoms with E-state index in [2.05, 4.69) is 129 Å². The monoisotopic (exact) mass is 464 g/mol. The van der Waals surface area contributed by atoms with Gasteiger partial charge in [-0.05, 0) is 60.9 Å². The van der Waals surface area contributed by atoms with Crippen LogP contribution in [-0.4, -0.2) is 18.5 Å². The van der Waals surface area contributed by atoms with Crippen LogP contribution >= 0.6 is 0 Å². The average molecular weight is 465 g/mol. The molecule has 2 aliphatic rings. The van der Waals surface area contributed by atoms with Crippen molar-refractivity contribution in [1.29, 1.82) is 0 Å². The van der Waals surface area contributed by atoms with E-state index in [0.717, 1.165) is 35.3 Å². The highest BCUT2D eigenvalue weighted by Gasteiger charge is 2.23. The van der Waals surface area contributed by atoms with Gasteiger partial charge < -0.3 is 4.57 Å². The number of nitrogens with zero attached hydrogens (tertiary/aromatic N) is 4. The first-order chi connectivity index (χ1) is 17.9. The fourth-order valence-corrected chi connectivity index (χ4v) is 6.07. The highest BCUT2D eigenvalue weighted by Crippen LogP contribution is 2.37. The summed E-state index contributed by atoms with van der Waals surface area (Å²) in [5, 5.41) is 1.34. The van der Waals surface area contributed by atoms with E-state index in [9.17, 15) is 0 Å². The number of hydrogen-bond acceptors (Lipinski definition) is 1. The number of aromatic nitrogens is 4. The van der Waals surface area contributed by atoms with E-state index >= 15 is 0 Å². The summed E-state index contributed by atoms with van der Waals surface area (Å²) in [5.41, 5.74) is 9.65. The standard InChI is InChI=1S/C32H24N4/c1-2-10-22(11-3-1)34-27-14-6-4-12-24(27)25-20-18-23(19-21-28(25)34)35-30-16-8-9-17-31(30)36-29-15-7-5-13-26(29)33-32(35)36/h1-10,12-19,21-22H,11,20H2.